The molecule has 182 valence electrons. The number of amides is 2. The summed E-state index contributed by atoms with van der Waals surface area (Å²) in [7, 11) is 3.27. The quantitative estimate of drug-likeness (QED) is 0.196. The van der Waals surface area contributed by atoms with Crippen molar-refractivity contribution in [3.63, 3.8) is 0 Å². The van der Waals surface area contributed by atoms with Crippen LogP contribution < -0.4 is 30.7 Å². The third-order valence-electron chi connectivity index (χ3n) is 4.55. The van der Waals surface area contributed by atoms with Crippen LogP contribution in [-0.4, -0.2) is 45.3 Å². The minimum Gasteiger partial charge on any atom is -0.493 e. The van der Waals surface area contributed by atoms with Gasteiger partial charge in [0.05, 0.1) is 20.8 Å². The largest absolute Gasteiger partial charge is 0.493 e. The lowest BCUT2D eigenvalue weighted by Crippen LogP contribution is -2.38. The predicted octanol–water partition coefficient (Wildman–Crippen LogP) is 4.15. The average Bonchev–Trinajstić information content (AvgIpc) is 2.77. The zero-order chi connectivity index (χ0) is 23.3. The Morgan fingerprint density at radius 1 is 0.970 bits per heavy atom. The first kappa shape index (κ1) is 28.3. The Morgan fingerprint density at radius 3 is 2.24 bits per heavy atom. The van der Waals surface area contributed by atoms with Gasteiger partial charge in [0, 0.05) is 24.8 Å². The highest BCUT2D eigenvalue weighted by atomic mass is 127. The molecule has 0 saturated heterocycles. The van der Waals surface area contributed by atoms with E-state index in [1.807, 2.05) is 63.2 Å². The van der Waals surface area contributed by atoms with E-state index >= 15 is 0 Å². The highest BCUT2D eigenvalue weighted by Gasteiger charge is 2.06. The van der Waals surface area contributed by atoms with Gasteiger partial charge in [0.2, 0.25) is 0 Å². The highest BCUT2D eigenvalue weighted by molar-refractivity contribution is 14.0. The van der Waals surface area contributed by atoms with Crippen molar-refractivity contribution in [1.82, 2.24) is 16.0 Å². The van der Waals surface area contributed by atoms with Crippen LogP contribution in [0.5, 0.6) is 11.5 Å². The predicted molar refractivity (Wildman–Crippen MR) is 145 cm³/mol. The topological polar surface area (TPSA) is 96.0 Å². The Hall–Kier alpha value is -2.69. The van der Waals surface area contributed by atoms with Crippen molar-refractivity contribution in [3.05, 3.63) is 53.6 Å². The number of carbonyl (C=O) groups excluding carboxylic acids is 1. The van der Waals surface area contributed by atoms with Gasteiger partial charge < -0.3 is 30.7 Å². The molecule has 0 spiro atoms. The molecule has 0 heterocycles. The Balaban J connectivity index is 0.00000544. The van der Waals surface area contributed by atoms with E-state index in [1.54, 1.807) is 14.2 Å². The SMILES string of the molecule is CCNC(=NCc1ccc(NC(=O)NC(C)C)cc1)NCCc1ccc(OC)c(OC)c1.I. The summed E-state index contributed by atoms with van der Waals surface area (Å²) < 4.78 is 10.7. The molecule has 0 aliphatic carbocycles. The van der Waals surface area contributed by atoms with E-state index in [9.17, 15) is 4.79 Å². The van der Waals surface area contributed by atoms with Crippen molar-refractivity contribution >= 4 is 41.7 Å². The lowest BCUT2D eigenvalue weighted by atomic mass is 10.1. The van der Waals surface area contributed by atoms with Crippen LogP contribution in [0.25, 0.3) is 0 Å². The normalized spacial score (nSPS) is 10.8. The molecular weight excluding hydrogens is 533 g/mol. The second-order valence-corrected chi connectivity index (χ2v) is 7.51. The number of aliphatic imine (C=N–C) groups is 1. The van der Waals surface area contributed by atoms with Gasteiger partial charge in [-0.1, -0.05) is 18.2 Å². The molecule has 0 aliphatic rings. The fraction of sp³-hybridized carbons (Fsp3) is 0.417. The molecule has 2 aromatic carbocycles. The molecule has 0 unspecified atom stereocenters. The summed E-state index contributed by atoms with van der Waals surface area (Å²) in [5.41, 5.74) is 2.95. The summed E-state index contributed by atoms with van der Waals surface area (Å²) in [5.74, 6) is 2.21. The van der Waals surface area contributed by atoms with Crippen LogP contribution in [0.2, 0.25) is 0 Å². The van der Waals surface area contributed by atoms with Crippen molar-refractivity contribution in [3.8, 4) is 11.5 Å². The average molecular weight is 569 g/mol. The number of ether oxygens (including phenoxy) is 2. The van der Waals surface area contributed by atoms with Gasteiger partial charge in [0.15, 0.2) is 17.5 Å². The molecule has 0 aromatic heterocycles. The highest BCUT2D eigenvalue weighted by Crippen LogP contribution is 2.27. The molecule has 4 N–H and O–H groups in total. The number of methoxy groups -OCH3 is 2. The van der Waals surface area contributed by atoms with Gasteiger partial charge in [-0.2, -0.15) is 0 Å². The Kier molecular flexibility index (Phi) is 13.1. The van der Waals surface area contributed by atoms with Crippen molar-refractivity contribution in [2.45, 2.75) is 39.8 Å². The van der Waals surface area contributed by atoms with Crippen LogP contribution in [0.1, 0.15) is 31.9 Å². The second-order valence-electron chi connectivity index (χ2n) is 7.51. The van der Waals surface area contributed by atoms with Crippen LogP contribution in [0.3, 0.4) is 0 Å². The summed E-state index contributed by atoms with van der Waals surface area (Å²) in [6, 6.07) is 13.5. The number of nitrogens with zero attached hydrogens (tertiary/aromatic N) is 1. The van der Waals surface area contributed by atoms with Gasteiger partial charge in [-0.25, -0.2) is 9.79 Å². The minimum absolute atomic E-state index is 0. The van der Waals surface area contributed by atoms with Crippen molar-refractivity contribution in [1.29, 1.82) is 0 Å². The third kappa shape index (κ3) is 10.2. The molecule has 2 aromatic rings. The molecular formula is C24H36IN5O3. The van der Waals surface area contributed by atoms with Gasteiger partial charge in [-0.3, -0.25) is 0 Å². The molecule has 9 heteroatoms. The maximum atomic E-state index is 11.8. The molecule has 0 aliphatic heterocycles. The number of halogens is 1. The number of hydrogen-bond donors (Lipinski definition) is 4. The summed E-state index contributed by atoms with van der Waals surface area (Å²) in [5, 5.41) is 12.2. The van der Waals surface area contributed by atoms with Crippen LogP contribution in [-0.2, 0) is 13.0 Å². The molecule has 2 rings (SSSR count). The van der Waals surface area contributed by atoms with Crippen molar-refractivity contribution in [2.24, 2.45) is 4.99 Å². The Morgan fingerprint density at radius 2 is 1.64 bits per heavy atom. The Bertz CT molecular complexity index is 888. The van der Waals surface area contributed by atoms with E-state index in [0.29, 0.717) is 6.54 Å². The lowest BCUT2D eigenvalue weighted by molar-refractivity contribution is 0.250. The van der Waals surface area contributed by atoms with Crippen LogP contribution in [0, 0.1) is 0 Å². The first-order valence-electron chi connectivity index (χ1n) is 10.8. The smallest absolute Gasteiger partial charge is 0.319 e. The lowest BCUT2D eigenvalue weighted by Gasteiger charge is -2.13. The van der Waals surface area contributed by atoms with E-state index in [2.05, 4.69) is 26.3 Å². The third-order valence-corrected chi connectivity index (χ3v) is 4.55. The zero-order valence-corrected chi connectivity index (χ0v) is 22.4. The maximum Gasteiger partial charge on any atom is 0.319 e. The summed E-state index contributed by atoms with van der Waals surface area (Å²) >= 11 is 0. The maximum absolute atomic E-state index is 11.8. The van der Waals surface area contributed by atoms with Gasteiger partial charge >= 0.3 is 6.03 Å². The van der Waals surface area contributed by atoms with Crippen LogP contribution in [0.15, 0.2) is 47.5 Å². The van der Waals surface area contributed by atoms with E-state index < -0.39 is 0 Å². The molecule has 0 fully saturated rings. The number of anilines is 1. The summed E-state index contributed by atoms with van der Waals surface area (Å²) in [4.78, 5) is 16.4. The van der Waals surface area contributed by atoms with E-state index in [0.717, 1.165) is 53.8 Å². The van der Waals surface area contributed by atoms with E-state index in [4.69, 9.17) is 9.47 Å². The van der Waals surface area contributed by atoms with Crippen molar-refractivity contribution in [2.75, 3.05) is 32.6 Å². The summed E-state index contributed by atoms with van der Waals surface area (Å²) in [6.07, 6.45) is 0.823. The molecule has 2 amide bonds. The molecule has 0 atom stereocenters. The monoisotopic (exact) mass is 569 g/mol. The molecule has 8 nitrogen and oxygen atoms in total. The number of guanidine groups is 1. The first-order valence-corrected chi connectivity index (χ1v) is 10.8. The van der Waals surface area contributed by atoms with Crippen molar-refractivity contribution < 1.29 is 14.3 Å². The number of urea groups is 1. The van der Waals surface area contributed by atoms with Gasteiger partial charge in [0.1, 0.15) is 0 Å². The molecule has 0 bridgehead atoms. The van der Waals surface area contributed by atoms with E-state index in [1.165, 1.54) is 0 Å². The second kappa shape index (κ2) is 15.2. The fourth-order valence-electron chi connectivity index (χ4n) is 3.00. The number of carbonyl (C=O) groups is 1. The minimum atomic E-state index is -0.209. The van der Waals surface area contributed by atoms with Gasteiger partial charge in [0.25, 0.3) is 0 Å². The molecule has 0 saturated carbocycles. The first-order chi connectivity index (χ1) is 15.4. The van der Waals surface area contributed by atoms with Gasteiger partial charge in [-0.15, -0.1) is 24.0 Å². The van der Waals surface area contributed by atoms with E-state index in [-0.39, 0.29) is 36.0 Å². The van der Waals surface area contributed by atoms with Gasteiger partial charge in [-0.05, 0) is 62.6 Å². The number of rotatable bonds is 10. The molecule has 0 radical (unpaired) electrons. The number of nitrogens with one attached hydrogen (secondary N) is 4. The zero-order valence-electron chi connectivity index (χ0n) is 20.0. The summed E-state index contributed by atoms with van der Waals surface area (Å²) in [6.45, 7) is 7.92. The number of hydrogen-bond acceptors (Lipinski definition) is 4. The van der Waals surface area contributed by atoms with Crippen LogP contribution in [0.4, 0.5) is 10.5 Å². The Labute approximate surface area is 213 Å². The fourth-order valence-corrected chi connectivity index (χ4v) is 3.00. The van der Waals surface area contributed by atoms with Crippen LogP contribution >= 0.6 is 24.0 Å². The number of benzene rings is 2. The molecule has 33 heavy (non-hydrogen) atoms. The standard InChI is InChI=1S/C24H35N5O3.HI/c1-6-25-23(26-14-13-18-9-12-21(31-4)22(15-18)32-5)27-16-19-7-10-20(11-8-19)29-24(30)28-17(2)3;/h7-12,15,17H,6,13-14,16H2,1-5H3,(H2,25,26,27)(H2,28,29,30);1H.